The van der Waals surface area contributed by atoms with Crippen molar-refractivity contribution in [3.05, 3.63) is 23.8 Å². The minimum Gasteiger partial charge on any atom is -0.300 e. The van der Waals surface area contributed by atoms with Crippen LogP contribution in [0.5, 0.6) is 0 Å². The van der Waals surface area contributed by atoms with Gasteiger partial charge in [0.05, 0.1) is 0 Å². The summed E-state index contributed by atoms with van der Waals surface area (Å²) in [5.74, 6) is 4.30. The van der Waals surface area contributed by atoms with Gasteiger partial charge >= 0.3 is 0 Å². The van der Waals surface area contributed by atoms with Crippen molar-refractivity contribution in [3.63, 3.8) is 0 Å². The van der Waals surface area contributed by atoms with Gasteiger partial charge in [-0.25, -0.2) is 0 Å². The maximum absolute atomic E-state index is 4.58. The van der Waals surface area contributed by atoms with Crippen LogP contribution in [0, 0.1) is 56.7 Å². The molecule has 34 heavy (non-hydrogen) atoms. The molecule has 0 N–H and O–H groups in total. The predicted octanol–water partition coefficient (Wildman–Crippen LogP) is 8.52. The number of hydrogen-bond donors (Lipinski definition) is 0. The SMILES string of the molecule is C=C(C)[C@@H]1CC[C@]2(CN3CC3)CC[C@]3(C)[C@H](CC[C@@H]4[C@@]5(C)CC=C(C)C(C)(C)[C@@H]5CC[C@]43C)[C@@H]12. The Morgan fingerprint density at radius 1 is 0.912 bits per heavy atom. The molecule has 0 aromatic heterocycles. The molecule has 1 heteroatoms. The third kappa shape index (κ3) is 2.89. The largest absolute Gasteiger partial charge is 0.300 e. The van der Waals surface area contributed by atoms with E-state index in [4.69, 9.17) is 0 Å². The fraction of sp³-hybridized carbons (Fsp3) is 0.879. The molecule has 1 aliphatic heterocycles. The Kier molecular flexibility index (Phi) is 5.09. The zero-order valence-corrected chi connectivity index (χ0v) is 23.6. The Balaban J connectivity index is 1.39. The highest BCUT2D eigenvalue weighted by molar-refractivity contribution is 5.26. The molecule has 9 atom stereocenters. The average molecular weight is 464 g/mol. The minimum absolute atomic E-state index is 0.364. The van der Waals surface area contributed by atoms with Crippen LogP contribution in [0.15, 0.2) is 23.8 Å². The van der Waals surface area contributed by atoms with Crippen molar-refractivity contribution in [1.29, 1.82) is 0 Å². The molecule has 0 aromatic carbocycles. The molecule has 1 saturated heterocycles. The van der Waals surface area contributed by atoms with E-state index in [-0.39, 0.29) is 0 Å². The summed E-state index contributed by atoms with van der Waals surface area (Å²) in [5, 5.41) is 0. The summed E-state index contributed by atoms with van der Waals surface area (Å²) in [6, 6.07) is 0. The van der Waals surface area contributed by atoms with Crippen LogP contribution in [0.2, 0.25) is 0 Å². The molecule has 0 unspecified atom stereocenters. The first-order chi connectivity index (χ1) is 15.9. The van der Waals surface area contributed by atoms with Crippen LogP contribution in [0.3, 0.4) is 0 Å². The molecular weight excluding hydrogens is 410 g/mol. The summed E-state index contributed by atoms with van der Waals surface area (Å²) in [4.78, 5) is 2.76. The monoisotopic (exact) mass is 463 g/mol. The van der Waals surface area contributed by atoms with E-state index >= 15 is 0 Å². The lowest BCUT2D eigenvalue weighted by molar-refractivity contribution is -0.227. The third-order valence-electron chi connectivity index (χ3n) is 14.3. The fourth-order valence-electron chi connectivity index (χ4n) is 12.0. The molecule has 0 bridgehead atoms. The van der Waals surface area contributed by atoms with Crippen LogP contribution in [-0.4, -0.2) is 24.5 Å². The summed E-state index contributed by atoms with van der Waals surface area (Å²) < 4.78 is 0. The molecule has 0 amide bonds. The normalized spacial score (nSPS) is 53.7. The number of nitrogens with zero attached hydrogens (tertiary/aromatic N) is 1. The Hall–Kier alpha value is -0.560. The molecule has 6 rings (SSSR count). The van der Waals surface area contributed by atoms with Gasteiger partial charge in [-0.2, -0.15) is 0 Å². The molecular formula is C33H53N. The van der Waals surface area contributed by atoms with E-state index in [2.05, 4.69) is 66.0 Å². The van der Waals surface area contributed by atoms with E-state index in [9.17, 15) is 0 Å². The van der Waals surface area contributed by atoms with Crippen LogP contribution < -0.4 is 0 Å². The predicted molar refractivity (Wildman–Crippen MR) is 145 cm³/mol. The molecule has 4 saturated carbocycles. The second-order valence-electron chi connectivity index (χ2n) is 15.6. The van der Waals surface area contributed by atoms with E-state index in [0.717, 1.165) is 29.6 Å². The summed E-state index contributed by atoms with van der Waals surface area (Å²) in [7, 11) is 0. The van der Waals surface area contributed by atoms with Crippen LogP contribution in [0.4, 0.5) is 0 Å². The quantitative estimate of drug-likeness (QED) is 0.299. The van der Waals surface area contributed by atoms with Gasteiger partial charge in [-0.1, -0.05) is 58.4 Å². The van der Waals surface area contributed by atoms with Gasteiger partial charge in [-0.3, -0.25) is 0 Å². The molecule has 5 fully saturated rings. The number of hydrogen-bond acceptors (Lipinski definition) is 1. The molecule has 5 aliphatic carbocycles. The Labute approximate surface area is 211 Å². The third-order valence-corrected chi connectivity index (χ3v) is 14.3. The Morgan fingerprint density at radius 3 is 2.32 bits per heavy atom. The average Bonchev–Trinajstić information content (AvgIpc) is 3.49. The molecule has 0 aromatic rings. The van der Waals surface area contributed by atoms with E-state index < -0.39 is 0 Å². The smallest absolute Gasteiger partial charge is 0.0110 e. The van der Waals surface area contributed by atoms with Crippen LogP contribution in [-0.2, 0) is 0 Å². The molecule has 190 valence electrons. The van der Waals surface area contributed by atoms with Crippen LogP contribution >= 0.6 is 0 Å². The molecule has 1 nitrogen and oxygen atoms in total. The second-order valence-corrected chi connectivity index (χ2v) is 15.6. The van der Waals surface area contributed by atoms with Gasteiger partial charge in [0.15, 0.2) is 0 Å². The summed E-state index contributed by atoms with van der Waals surface area (Å²) in [6.45, 7) is 26.9. The molecule has 0 radical (unpaired) electrons. The maximum Gasteiger partial charge on any atom is 0.0110 e. The first-order valence-corrected chi connectivity index (χ1v) is 14.9. The molecule has 6 aliphatic rings. The van der Waals surface area contributed by atoms with Crippen molar-refractivity contribution in [2.75, 3.05) is 19.6 Å². The lowest BCUT2D eigenvalue weighted by atomic mass is 9.32. The van der Waals surface area contributed by atoms with E-state index in [1.54, 1.807) is 5.57 Å². The lowest BCUT2D eigenvalue weighted by Gasteiger charge is -2.72. The Bertz CT molecular complexity index is 908. The minimum atomic E-state index is 0.364. The first-order valence-electron chi connectivity index (χ1n) is 14.9. The Morgan fingerprint density at radius 2 is 1.65 bits per heavy atom. The van der Waals surface area contributed by atoms with Crippen LogP contribution in [0.25, 0.3) is 0 Å². The van der Waals surface area contributed by atoms with Crippen molar-refractivity contribution in [2.45, 2.75) is 106 Å². The van der Waals surface area contributed by atoms with Crippen molar-refractivity contribution < 1.29 is 0 Å². The van der Waals surface area contributed by atoms with Gasteiger partial charge in [0, 0.05) is 19.6 Å². The van der Waals surface area contributed by atoms with Gasteiger partial charge in [0.1, 0.15) is 0 Å². The molecule has 1 heterocycles. The van der Waals surface area contributed by atoms with Crippen LogP contribution in [0.1, 0.15) is 106 Å². The van der Waals surface area contributed by atoms with Gasteiger partial charge in [0.2, 0.25) is 0 Å². The summed E-state index contributed by atoms with van der Waals surface area (Å²) >= 11 is 0. The number of rotatable bonds is 3. The van der Waals surface area contributed by atoms with Gasteiger partial charge in [-0.05, 0) is 128 Å². The second kappa shape index (κ2) is 7.26. The van der Waals surface area contributed by atoms with Crippen molar-refractivity contribution in [3.8, 4) is 0 Å². The maximum atomic E-state index is 4.58. The highest BCUT2D eigenvalue weighted by Crippen LogP contribution is 2.77. The fourth-order valence-corrected chi connectivity index (χ4v) is 12.0. The highest BCUT2D eigenvalue weighted by Gasteiger charge is 2.70. The van der Waals surface area contributed by atoms with Gasteiger partial charge < -0.3 is 4.90 Å². The number of fused-ring (bicyclic) bond motifs is 7. The topological polar surface area (TPSA) is 3.01 Å². The standard InChI is InChI=1S/C33H53N/c1-22(2)24-12-16-33(21-34-19-20-34)18-17-31(7)25(28(24)33)9-10-27-30(6)14-11-23(3)29(4,5)26(30)13-15-32(27,31)8/h11,24-28H,1,9-10,12-21H2,2-8H3/t24-,25+,26-,27+,28+,30-,31+,32+,33+/m0/s1. The zero-order chi connectivity index (χ0) is 24.3. The van der Waals surface area contributed by atoms with Crippen molar-refractivity contribution in [2.24, 2.45) is 56.7 Å². The van der Waals surface area contributed by atoms with Crippen molar-refractivity contribution >= 4 is 0 Å². The van der Waals surface area contributed by atoms with E-state index in [1.165, 1.54) is 83.0 Å². The van der Waals surface area contributed by atoms with E-state index in [0.29, 0.717) is 27.1 Å². The van der Waals surface area contributed by atoms with Gasteiger partial charge in [0.25, 0.3) is 0 Å². The highest BCUT2D eigenvalue weighted by atomic mass is 15.3. The zero-order valence-electron chi connectivity index (χ0n) is 23.6. The first kappa shape index (κ1) is 23.8. The lowest BCUT2D eigenvalue weighted by Crippen LogP contribution is -2.65. The van der Waals surface area contributed by atoms with Gasteiger partial charge in [-0.15, -0.1) is 0 Å². The molecule has 0 spiro atoms. The number of allylic oxidation sites excluding steroid dienone is 3. The summed E-state index contributed by atoms with van der Waals surface area (Å²) in [5.41, 5.74) is 5.57. The summed E-state index contributed by atoms with van der Waals surface area (Å²) in [6.07, 6.45) is 15.7. The van der Waals surface area contributed by atoms with Crippen molar-refractivity contribution in [1.82, 2.24) is 4.90 Å². The van der Waals surface area contributed by atoms with E-state index in [1.807, 2.05) is 0 Å².